The lowest BCUT2D eigenvalue weighted by Crippen LogP contribution is -2.53. The number of carbonyl (C=O) groups is 3. The molecule has 0 saturated carbocycles. The first kappa shape index (κ1) is 22.2. The average Bonchev–Trinajstić information content (AvgIpc) is 3.41. The van der Waals surface area contributed by atoms with Crippen molar-refractivity contribution in [1.29, 1.82) is 0 Å². The van der Waals surface area contributed by atoms with Crippen LogP contribution in [0.3, 0.4) is 0 Å². The lowest BCUT2D eigenvalue weighted by Gasteiger charge is -2.29. The fraction of sp³-hybridized carbons (Fsp3) is 0.423. The van der Waals surface area contributed by atoms with E-state index in [0.29, 0.717) is 13.0 Å². The van der Waals surface area contributed by atoms with Gasteiger partial charge in [-0.1, -0.05) is 55.5 Å². The maximum absolute atomic E-state index is 13.8. The molecule has 3 aliphatic rings. The first-order chi connectivity index (χ1) is 16.0. The molecule has 5 rings (SSSR count). The fourth-order valence-electron chi connectivity index (χ4n) is 5.84. The summed E-state index contributed by atoms with van der Waals surface area (Å²) in [6.45, 7) is 2.39. The predicted molar refractivity (Wildman–Crippen MR) is 130 cm³/mol. The van der Waals surface area contributed by atoms with Gasteiger partial charge in [-0.05, 0) is 42.4 Å². The normalized spacial score (nSPS) is 27.9. The Bertz CT molecular complexity index is 1110. The van der Waals surface area contributed by atoms with E-state index in [0.717, 1.165) is 41.0 Å². The number of imide groups is 1. The summed E-state index contributed by atoms with van der Waals surface area (Å²) in [7, 11) is 0. The van der Waals surface area contributed by atoms with E-state index in [-0.39, 0.29) is 23.8 Å². The molecule has 1 spiro atoms. The number of carbonyl (C=O) groups excluding carboxylic acids is 3. The zero-order chi connectivity index (χ0) is 23.2. The van der Waals surface area contributed by atoms with Crippen molar-refractivity contribution in [1.82, 2.24) is 10.2 Å². The van der Waals surface area contributed by atoms with Crippen LogP contribution < -0.4 is 10.6 Å². The van der Waals surface area contributed by atoms with Crippen LogP contribution in [0.2, 0.25) is 0 Å². The lowest BCUT2D eigenvalue weighted by atomic mass is 9.76. The highest BCUT2D eigenvalue weighted by Crippen LogP contribution is 2.54. The molecule has 3 amide bonds. The molecule has 0 radical (unpaired) electrons. The zero-order valence-electron chi connectivity index (χ0n) is 19.0. The van der Waals surface area contributed by atoms with E-state index in [9.17, 15) is 14.4 Å². The van der Waals surface area contributed by atoms with Crippen molar-refractivity contribution in [2.45, 2.75) is 37.8 Å². The molecule has 33 heavy (non-hydrogen) atoms. The molecule has 6 nitrogen and oxygen atoms in total. The number of thioether (sulfide) groups is 1. The number of hydrogen-bond donors (Lipinski definition) is 2. The summed E-state index contributed by atoms with van der Waals surface area (Å²) in [6, 6.07) is 15.5. The highest BCUT2D eigenvalue weighted by Gasteiger charge is 2.70. The van der Waals surface area contributed by atoms with Crippen molar-refractivity contribution in [3.63, 3.8) is 0 Å². The standard InChI is InChI=1S/C26H29N3O3S/c1-3-17-10-7-11-18-22(17)27-25(32)26(18)21-20(19(28-26)13-15-33-2)23(30)29(24(21)31)14-12-16-8-5-4-6-9-16/h4-11,19-21,28H,3,12-15H2,1-2H3,(H,27,32)/t19-,20+,21-,26+/m0/s1. The van der Waals surface area contributed by atoms with Gasteiger partial charge in [0, 0.05) is 23.8 Å². The van der Waals surface area contributed by atoms with Gasteiger partial charge in [0.25, 0.3) is 0 Å². The molecule has 2 saturated heterocycles. The third kappa shape index (κ3) is 3.32. The summed E-state index contributed by atoms with van der Waals surface area (Å²) in [4.78, 5) is 42.4. The SMILES string of the molecule is CCc1cccc2c1NC(=O)[C@@]21N[C@@H](CCSC)[C@H]2C(=O)N(CCc3ccccc3)C(=O)[C@H]21. The monoisotopic (exact) mass is 463 g/mol. The van der Waals surface area contributed by atoms with Crippen molar-refractivity contribution in [3.05, 3.63) is 65.2 Å². The topological polar surface area (TPSA) is 78.5 Å². The van der Waals surface area contributed by atoms with Crippen LogP contribution in [0.1, 0.15) is 30.0 Å². The summed E-state index contributed by atoms with van der Waals surface area (Å²) in [5, 5.41) is 6.58. The van der Waals surface area contributed by atoms with Gasteiger partial charge in [-0.3, -0.25) is 24.6 Å². The van der Waals surface area contributed by atoms with Gasteiger partial charge in [0.05, 0.1) is 11.8 Å². The highest BCUT2D eigenvalue weighted by molar-refractivity contribution is 7.98. The van der Waals surface area contributed by atoms with Crippen molar-refractivity contribution in [2.75, 3.05) is 23.9 Å². The summed E-state index contributed by atoms with van der Waals surface area (Å²) >= 11 is 1.71. The van der Waals surface area contributed by atoms with Gasteiger partial charge in [-0.25, -0.2) is 0 Å². The van der Waals surface area contributed by atoms with E-state index in [2.05, 4.69) is 17.6 Å². The molecular weight excluding hydrogens is 434 g/mol. The van der Waals surface area contributed by atoms with Gasteiger partial charge >= 0.3 is 0 Å². The largest absolute Gasteiger partial charge is 0.324 e. The number of para-hydroxylation sites is 1. The molecule has 0 unspecified atom stereocenters. The molecule has 7 heteroatoms. The third-order valence-corrected chi connectivity index (χ3v) is 8.05. The number of anilines is 1. The maximum Gasteiger partial charge on any atom is 0.250 e. The Labute approximate surface area is 198 Å². The second-order valence-electron chi connectivity index (χ2n) is 9.05. The Kier molecular flexibility index (Phi) is 5.79. The smallest absolute Gasteiger partial charge is 0.250 e. The minimum atomic E-state index is -1.19. The van der Waals surface area contributed by atoms with Crippen molar-refractivity contribution in [3.8, 4) is 0 Å². The van der Waals surface area contributed by atoms with E-state index in [4.69, 9.17) is 0 Å². The van der Waals surface area contributed by atoms with E-state index in [1.807, 2.05) is 54.8 Å². The van der Waals surface area contributed by atoms with Crippen LogP contribution in [-0.2, 0) is 32.8 Å². The van der Waals surface area contributed by atoms with Crippen LogP contribution in [0.5, 0.6) is 0 Å². The number of nitrogens with zero attached hydrogens (tertiary/aromatic N) is 1. The fourth-order valence-corrected chi connectivity index (χ4v) is 6.33. The number of rotatable bonds is 7. The average molecular weight is 464 g/mol. The summed E-state index contributed by atoms with van der Waals surface area (Å²) in [6.07, 6.45) is 4.14. The number of nitrogens with one attached hydrogen (secondary N) is 2. The Hall–Kier alpha value is -2.64. The van der Waals surface area contributed by atoms with Crippen LogP contribution in [0.25, 0.3) is 0 Å². The van der Waals surface area contributed by atoms with E-state index in [1.165, 1.54) is 4.90 Å². The number of aryl methyl sites for hydroxylation is 1. The maximum atomic E-state index is 13.8. The number of likely N-dealkylation sites (tertiary alicyclic amines) is 1. The van der Waals surface area contributed by atoms with E-state index < -0.39 is 17.4 Å². The van der Waals surface area contributed by atoms with Gasteiger partial charge in [-0.15, -0.1) is 0 Å². The van der Waals surface area contributed by atoms with E-state index >= 15 is 0 Å². The Balaban J connectivity index is 1.54. The van der Waals surface area contributed by atoms with Gasteiger partial charge < -0.3 is 5.32 Å². The molecule has 2 aromatic rings. The number of benzene rings is 2. The summed E-state index contributed by atoms with van der Waals surface area (Å²) < 4.78 is 0. The quantitative estimate of drug-likeness (QED) is 0.618. The first-order valence-corrected chi connectivity index (χ1v) is 13.0. The minimum absolute atomic E-state index is 0.149. The van der Waals surface area contributed by atoms with Crippen molar-refractivity contribution < 1.29 is 14.4 Å². The van der Waals surface area contributed by atoms with Crippen molar-refractivity contribution in [2.24, 2.45) is 11.8 Å². The highest BCUT2D eigenvalue weighted by atomic mass is 32.2. The predicted octanol–water partition coefficient (Wildman–Crippen LogP) is 2.97. The molecule has 4 atom stereocenters. The minimum Gasteiger partial charge on any atom is -0.324 e. The first-order valence-electron chi connectivity index (χ1n) is 11.6. The van der Waals surface area contributed by atoms with Crippen LogP contribution in [0, 0.1) is 11.8 Å². The number of hydrogen-bond acceptors (Lipinski definition) is 5. The molecular formula is C26H29N3O3S. The molecule has 0 aromatic heterocycles. The third-order valence-electron chi connectivity index (χ3n) is 7.41. The molecule has 2 aromatic carbocycles. The van der Waals surface area contributed by atoms with Gasteiger partial charge in [0.15, 0.2) is 0 Å². The molecule has 2 N–H and O–H groups in total. The van der Waals surface area contributed by atoms with Gasteiger partial charge in [-0.2, -0.15) is 11.8 Å². The molecule has 0 aliphatic carbocycles. The molecule has 2 fully saturated rings. The Morgan fingerprint density at radius 1 is 1.03 bits per heavy atom. The van der Waals surface area contributed by atoms with Crippen LogP contribution in [0.15, 0.2) is 48.5 Å². The van der Waals surface area contributed by atoms with Gasteiger partial charge in [0.1, 0.15) is 5.54 Å². The molecule has 0 bridgehead atoms. The second kappa shape index (κ2) is 8.61. The zero-order valence-corrected chi connectivity index (χ0v) is 19.8. The van der Waals surface area contributed by atoms with Crippen molar-refractivity contribution >= 4 is 35.2 Å². The molecule has 3 heterocycles. The number of fused-ring (bicyclic) bond motifs is 4. The number of amides is 3. The van der Waals surface area contributed by atoms with E-state index in [1.54, 1.807) is 11.8 Å². The van der Waals surface area contributed by atoms with Gasteiger partial charge in [0.2, 0.25) is 17.7 Å². The van der Waals surface area contributed by atoms with Crippen LogP contribution in [0.4, 0.5) is 5.69 Å². The summed E-state index contributed by atoms with van der Waals surface area (Å²) in [5.41, 5.74) is 2.53. The van der Waals surface area contributed by atoms with Crippen LogP contribution >= 0.6 is 11.8 Å². The Morgan fingerprint density at radius 2 is 1.82 bits per heavy atom. The molecule has 172 valence electrons. The second-order valence-corrected chi connectivity index (χ2v) is 10.0. The molecule has 3 aliphatic heterocycles. The summed E-state index contributed by atoms with van der Waals surface area (Å²) in [5.74, 6) is -0.991. The van der Waals surface area contributed by atoms with Crippen LogP contribution in [-0.4, -0.2) is 47.2 Å². The lowest BCUT2D eigenvalue weighted by molar-refractivity contribution is -0.142. The Morgan fingerprint density at radius 3 is 2.55 bits per heavy atom.